The predicted molar refractivity (Wildman–Crippen MR) is 51.0 cm³/mol. The fourth-order valence-corrected chi connectivity index (χ4v) is 0.803. The van der Waals surface area contributed by atoms with Crippen LogP contribution in [0.3, 0.4) is 0 Å². The molecule has 0 saturated heterocycles. The molecule has 0 atom stereocenters. The number of nitrogen functional groups attached to an aromatic ring is 1. The normalized spacial score (nSPS) is 9.38. The summed E-state index contributed by atoms with van der Waals surface area (Å²) in [5.74, 6) is 5.66. The first-order valence-electron chi connectivity index (χ1n) is 3.98. The number of carbonyl (C=O) groups excluding carboxylic acids is 1. The molecule has 5 nitrogen and oxygen atoms in total. The number of nitrogens with zero attached hydrogens (tertiary/aromatic N) is 1. The van der Waals surface area contributed by atoms with Crippen molar-refractivity contribution >= 4 is 17.4 Å². The minimum absolute atomic E-state index is 0.0322. The molecule has 0 unspecified atom stereocenters. The third kappa shape index (κ3) is 2.72. The monoisotopic (exact) mass is 180 g/mol. The molecule has 4 N–H and O–H groups in total. The number of carbonyl (C=O) groups is 1. The van der Waals surface area contributed by atoms with Crippen molar-refractivity contribution < 1.29 is 4.79 Å². The molecule has 0 aliphatic heterocycles. The zero-order valence-corrected chi connectivity index (χ0v) is 7.37. The fraction of sp³-hybridized carbons (Fsp3) is 0.250. The quantitative estimate of drug-likeness (QED) is 0.473. The molecule has 1 heterocycles. The Labute approximate surface area is 76.3 Å². The summed E-state index contributed by atoms with van der Waals surface area (Å²) in [4.78, 5) is 14.9. The Morgan fingerprint density at radius 2 is 2.38 bits per heavy atom. The van der Waals surface area contributed by atoms with Crippen LogP contribution < -0.4 is 16.6 Å². The zero-order chi connectivity index (χ0) is 9.68. The summed E-state index contributed by atoms with van der Waals surface area (Å²) in [5, 5.41) is 2.67. The van der Waals surface area contributed by atoms with E-state index in [4.69, 9.17) is 5.84 Å². The molecule has 13 heavy (non-hydrogen) atoms. The number of nitrogens with one attached hydrogen (secondary N) is 2. The highest BCUT2D eigenvalue weighted by Crippen LogP contribution is 2.08. The van der Waals surface area contributed by atoms with Crippen molar-refractivity contribution in [3.63, 3.8) is 0 Å². The lowest BCUT2D eigenvalue weighted by molar-refractivity contribution is -0.115. The number of hydrogen-bond acceptors (Lipinski definition) is 4. The fourth-order valence-electron chi connectivity index (χ4n) is 0.803. The number of hydrazine groups is 1. The number of rotatable bonds is 3. The smallest absolute Gasteiger partial charge is 0.224 e. The highest BCUT2D eigenvalue weighted by Gasteiger charge is 1.98. The van der Waals surface area contributed by atoms with Gasteiger partial charge in [-0.3, -0.25) is 4.79 Å². The van der Waals surface area contributed by atoms with Crippen LogP contribution in [0.15, 0.2) is 18.3 Å². The van der Waals surface area contributed by atoms with Crippen LogP contribution in [0.5, 0.6) is 0 Å². The number of nitrogens with two attached hydrogens (primary N) is 1. The van der Waals surface area contributed by atoms with Gasteiger partial charge in [-0.05, 0) is 12.1 Å². The summed E-state index contributed by atoms with van der Waals surface area (Å²) in [6, 6.07) is 3.42. The lowest BCUT2D eigenvalue weighted by atomic mass is 10.3. The summed E-state index contributed by atoms with van der Waals surface area (Å²) < 4.78 is 0. The number of pyridine rings is 1. The number of hydrogen-bond donors (Lipinski definition) is 3. The van der Waals surface area contributed by atoms with Gasteiger partial charge in [-0.15, -0.1) is 0 Å². The molecule has 0 aromatic carbocycles. The molecule has 5 heteroatoms. The second kappa shape index (κ2) is 4.42. The molecule has 0 bridgehead atoms. The first-order valence-corrected chi connectivity index (χ1v) is 3.98. The minimum atomic E-state index is -0.0322. The van der Waals surface area contributed by atoms with Crippen molar-refractivity contribution in [2.45, 2.75) is 13.3 Å². The molecule has 1 rings (SSSR count). The Balaban J connectivity index is 2.64. The summed E-state index contributed by atoms with van der Waals surface area (Å²) in [6.45, 7) is 1.79. The van der Waals surface area contributed by atoms with Crippen molar-refractivity contribution in [1.29, 1.82) is 0 Å². The average Bonchev–Trinajstić information content (AvgIpc) is 2.19. The molecule has 70 valence electrons. The van der Waals surface area contributed by atoms with E-state index < -0.39 is 0 Å². The van der Waals surface area contributed by atoms with E-state index in [1.807, 2.05) is 0 Å². The Hall–Kier alpha value is -1.62. The molecular formula is C8H12N4O. The molecule has 0 aliphatic rings. The molecular weight excluding hydrogens is 168 g/mol. The van der Waals surface area contributed by atoms with Gasteiger partial charge in [-0.2, -0.15) is 0 Å². The van der Waals surface area contributed by atoms with Gasteiger partial charge in [0.2, 0.25) is 5.91 Å². The van der Waals surface area contributed by atoms with Crippen molar-refractivity contribution in [2.24, 2.45) is 5.84 Å². The van der Waals surface area contributed by atoms with Crippen LogP contribution in [-0.4, -0.2) is 10.9 Å². The molecule has 1 aromatic heterocycles. The summed E-state index contributed by atoms with van der Waals surface area (Å²) in [6.07, 6.45) is 2.00. The lowest BCUT2D eigenvalue weighted by Gasteiger charge is -2.03. The topological polar surface area (TPSA) is 80.0 Å². The predicted octanol–water partition coefficient (Wildman–Crippen LogP) is 0.716. The van der Waals surface area contributed by atoms with Gasteiger partial charge < -0.3 is 10.7 Å². The Morgan fingerprint density at radius 3 is 2.85 bits per heavy atom. The van der Waals surface area contributed by atoms with E-state index in [0.717, 1.165) is 0 Å². The van der Waals surface area contributed by atoms with Gasteiger partial charge in [-0.1, -0.05) is 6.92 Å². The van der Waals surface area contributed by atoms with Crippen LogP contribution in [0.4, 0.5) is 11.5 Å². The van der Waals surface area contributed by atoms with E-state index in [-0.39, 0.29) is 5.91 Å². The summed E-state index contributed by atoms with van der Waals surface area (Å²) in [7, 11) is 0. The van der Waals surface area contributed by atoms with Gasteiger partial charge in [0.15, 0.2) is 0 Å². The lowest BCUT2D eigenvalue weighted by Crippen LogP contribution is -2.11. The van der Waals surface area contributed by atoms with Gasteiger partial charge in [0.1, 0.15) is 5.82 Å². The van der Waals surface area contributed by atoms with E-state index >= 15 is 0 Å². The second-order valence-electron chi connectivity index (χ2n) is 2.48. The van der Waals surface area contributed by atoms with E-state index in [0.29, 0.717) is 17.9 Å². The SMILES string of the molecule is CCC(=O)Nc1ccc(NN)nc1. The van der Waals surface area contributed by atoms with E-state index in [9.17, 15) is 4.79 Å². The number of amides is 1. The van der Waals surface area contributed by atoms with Crippen LogP contribution in [-0.2, 0) is 4.79 Å². The van der Waals surface area contributed by atoms with E-state index in [1.54, 1.807) is 25.3 Å². The van der Waals surface area contributed by atoms with Crippen molar-refractivity contribution in [3.05, 3.63) is 18.3 Å². The van der Waals surface area contributed by atoms with E-state index in [1.165, 1.54) is 0 Å². The number of aromatic nitrogens is 1. The summed E-state index contributed by atoms with van der Waals surface area (Å²) in [5.41, 5.74) is 3.07. The molecule has 0 aliphatic carbocycles. The zero-order valence-electron chi connectivity index (χ0n) is 7.37. The maximum atomic E-state index is 11.0. The van der Waals surface area contributed by atoms with E-state index in [2.05, 4.69) is 15.7 Å². The number of anilines is 2. The van der Waals surface area contributed by atoms with Crippen LogP contribution in [0.1, 0.15) is 13.3 Å². The maximum Gasteiger partial charge on any atom is 0.224 e. The van der Waals surface area contributed by atoms with Crippen molar-refractivity contribution in [2.75, 3.05) is 10.7 Å². The molecule has 0 radical (unpaired) electrons. The third-order valence-corrected chi connectivity index (χ3v) is 1.52. The highest BCUT2D eigenvalue weighted by molar-refractivity contribution is 5.90. The molecule has 0 saturated carbocycles. The van der Waals surface area contributed by atoms with Gasteiger partial charge >= 0.3 is 0 Å². The maximum absolute atomic E-state index is 11.0. The standard InChI is InChI=1S/C8H12N4O/c1-2-8(13)11-6-3-4-7(12-9)10-5-6/h3-5H,2,9H2,1H3,(H,10,12)(H,11,13). The second-order valence-corrected chi connectivity index (χ2v) is 2.48. The van der Waals surface area contributed by atoms with Crippen LogP contribution >= 0.6 is 0 Å². The van der Waals surface area contributed by atoms with Crippen LogP contribution in [0, 0.1) is 0 Å². The van der Waals surface area contributed by atoms with Gasteiger partial charge in [0.25, 0.3) is 0 Å². The minimum Gasteiger partial charge on any atom is -0.325 e. The highest BCUT2D eigenvalue weighted by atomic mass is 16.1. The molecule has 0 fully saturated rings. The first kappa shape index (κ1) is 9.47. The van der Waals surface area contributed by atoms with Gasteiger partial charge in [0, 0.05) is 6.42 Å². The molecule has 0 spiro atoms. The Morgan fingerprint density at radius 1 is 1.62 bits per heavy atom. The summed E-state index contributed by atoms with van der Waals surface area (Å²) >= 11 is 0. The third-order valence-electron chi connectivity index (χ3n) is 1.52. The van der Waals surface area contributed by atoms with Gasteiger partial charge in [-0.25, -0.2) is 10.8 Å². The average molecular weight is 180 g/mol. The van der Waals surface area contributed by atoms with Gasteiger partial charge in [0.05, 0.1) is 11.9 Å². The largest absolute Gasteiger partial charge is 0.325 e. The van der Waals surface area contributed by atoms with Crippen LogP contribution in [0.2, 0.25) is 0 Å². The molecule has 1 aromatic rings. The van der Waals surface area contributed by atoms with Crippen LogP contribution in [0.25, 0.3) is 0 Å². The Kier molecular flexibility index (Phi) is 3.22. The Bertz CT molecular complexity index is 283. The van der Waals surface area contributed by atoms with Crippen molar-refractivity contribution in [1.82, 2.24) is 4.98 Å². The molecule has 1 amide bonds. The first-order chi connectivity index (χ1) is 6.26. The van der Waals surface area contributed by atoms with Crippen molar-refractivity contribution in [3.8, 4) is 0 Å².